The van der Waals surface area contributed by atoms with Gasteiger partial charge in [0.25, 0.3) is 0 Å². The van der Waals surface area contributed by atoms with E-state index < -0.39 is 21.5 Å². The summed E-state index contributed by atoms with van der Waals surface area (Å²) < 4.78 is 51.2. The summed E-state index contributed by atoms with van der Waals surface area (Å²) >= 11 is 5.60. The Morgan fingerprint density at radius 2 is 1.88 bits per heavy atom. The van der Waals surface area contributed by atoms with Crippen LogP contribution < -0.4 is 0 Å². The number of nitrogens with zero attached hydrogens (tertiary/aromatic N) is 3. The number of aromatic nitrogens is 2. The van der Waals surface area contributed by atoms with Crippen molar-refractivity contribution in [1.82, 2.24) is 14.9 Å². The summed E-state index contributed by atoms with van der Waals surface area (Å²) in [5.74, 6) is -1.21. The highest BCUT2D eigenvalue weighted by Gasteiger charge is 2.40. The second-order valence-electron chi connectivity index (χ2n) is 7.19. The van der Waals surface area contributed by atoms with Gasteiger partial charge in [-0.3, -0.25) is 9.88 Å². The van der Waals surface area contributed by atoms with E-state index in [0.29, 0.717) is 25.2 Å². The molecule has 5 nitrogen and oxygen atoms in total. The molecule has 1 aliphatic rings. The number of hydrogen-bond donors (Lipinski definition) is 0. The minimum atomic E-state index is -3.04. The van der Waals surface area contributed by atoms with Crippen LogP contribution in [0.25, 0.3) is 11.3 Å². The van der Waals surface area contributed by atoms with Gasteiger partial charge >= 0.3 is 0 Å². The van der Waals surface area contributed by atoms with Crippen LogP contribution in [0.1, 0.15) is 12.5 Å². The molecule has 0 atom stereocenters. The van der Waals surface area contributed by atoms with Gasteiger partial charge in [0.2, 0.25) is 0 Å². The van der Waals surface area contributed by atoms with Gasteiger partial charge in [0, 0.05) is 49.8 Å². The van der Waals surface area contributed by atoms with Crippen LogP contribution in [0.2, 0.25) is 5.15 Å². The van der Waals surface area contributed by atoms with E-state index in [1.54, 1.807) is 0 Å². The molecule has 9 heteroatoms. The highest BCUT2D eigenvalue weighted by Crippen LogP contribution is 2.33. The number of likely N-dealkylation sites (tertiary alicyclic amines) is 1. The molecule has 26 heavy (non-hydrogen) atoms. The highest BCUT2D eigenvalue weighted by atomic mass is 35.5. The molecule has 1 saturated heterocycles. The second kappa shape index (κ2) is 6.83. The Kier molecular flexibility index (Phi) is 5.02. The lowest BCUT2D eigenvalue weighted by molar-refractivity contribution is 0.0267. The van der Waals surface area contributed by atoms with Crippen LogP contribution >= 0.6 is 11.6 Å². The maximum absolute atomic E-state index is 14.4. The van der Waals surface area contributed by atoms with Crippen molar-refractivity contribution < 1.29 is 17.2 Å². The molecule has 0 N–H and O–H groups in total. The first-order chi connectivity index (χ1) is 12.0. The normalized spacial score (nSPS) is 17.1. The smallest absolute Gasteiger partial charge is 0.149 e. The van der Waals surface area contributed by atoms with E-state index in [1.165, 1.54) is 18.5 Å². The average Bonchev–Trinajstić information content (AvgIpc) is 2.45. The molecule has 3 rings (SSSR count). The van der Waals surface area contributed by atoms with Gasteiger partial charge in [-0.15, -0.1) is 0 Å². The Morgan fingerprint density at radius 1 is 1.19 bits per heavy atom. The summed E-state index contributed by atoms with van der Waals surface area (Å²) in [4.78, 5) is 9.80. The fraction of sp³-hybridized carbons (Fsp3) is 0.412. The minimum Gasteiger partial charge on any atom is -0.298 e. The molecule has 0 unspecified atom stereocenters. The minimum absolute atomic E-state index is 0.0156. The fourth-order valence-electron chi connectivity index (χ4n) is 3.47. The molecule has 2 aromatic rings. The predicted molar refractivity (Wildman–Crippen MR) is 95.5 cm³/mol. The third-order valence-electron chi connectivity index (χ3n) is 4.20. The number of hydrogen-bond acceptors (Lipinski definition) is 5. The summed E-state index contributed by atoms with van der Waals surface area (Å²) in [5, 5.41) is -0.0156. The Morgan fingerprint density at radius 3 is 2.46 bits per heavy atom. The lowest BCUT2D eigenvalue weighted by Crippen LogP contribution is -2.56. The van der Waals surface area contributed by atoms with Crippen molar-refractivity contribution >= 4 is 21.4 Å². The molecule has 0 aromatic carbocycles. The van der Waals surface area contributed by atoms with Crippen molar-refractivity contribution in [3.63, 3.8) is 0 Å². The van der Waals surface area contributed by atoms with Gasteiger partial charge in [0.05, 0.1) is 11.3 Å². The number of sulfone groups is 1. The average molecular weight is 402 g/mol. The largest absolute Gasteiger partial charge is 0.298 e. The topological polar surface area (TPSA) is 63.2 Å². The molecule has 0 spiro atoms. The van der Waals surface area contributed by atoms with Gasteiger partial charge in [-0.2, -0.15) is 0 Å². The molecule has 3 heterocycles. The monoisotopic (exact) mass is 401 g/mol. The molecule has 1 fully saturated rings. The summed E-state index contributed by atoms with van der Waals surface area (Å²) in [6.45, 7) is 3.59. The zero-order chi connectivity index (χ0) is 19.1. The maximum atomic E-state index is 14.4. The highest BCUT2D eigenvalue weighted by molar-refractivity contribution is 7.90. The summed E-state index contributed by atoms with van der Waals surface area (Å²) in [6, 6.07) is 2.32. The Labute approximate surface area is 155 Å². The number of rotatable bonds is 5. The quantitative estimate of drug-likeness (QED) is 0.721. The van der Waals surface area contributed by atoms with Gasteiger partial charge in [-0.1, -0.05) is 18.5 Å². The number of halogens is 3. The van der Waals surface area contributed by atoms with Crippen molar-refractivity contribution in [1.29, 1.82) is 0 Å². The van der Waals surface area contributed by atoms with E-state index in [0.717, 1.165) is 12.3 Å². The first-order valence-electron chi connectivity index (χ1n) is 7.91. The van der Waals surface area contributed by atoms with Gasteiger partial charge in [0.15, 0.2) is 0 Å². The van der Waals surface area contributed by atoms with E-state index in [-0.39, 0.29) is 27.6 Å². The Bertz CT molecular complexity index is 947. The van der Waals surface area contributed by atoms with Gasteiger partial charge < -0.3 is 0 Å². The molecular weight excluding hydrogens is 384 g/mol. The van der Waals surface area contributed by atoms with E-state index in [2.05, 4.69) is 9.97 Å². The van der Waals surface area contributed by atoms with Crippen molar-refractivity contribution in [2.24, 2.45) is 5.41 Å². The molecule has 2 aromatic heterocycles. The lowest BCUT2D eigenvalue weighted by Gasteiger charge is -2.47. The van der Waals surface area contributed by atoms with Crippen molar-refractivity contribution in [2.75, 3.05) is 25.1 Å². The van der Waals surface area contributed by atoms with Gasteiger partial charge in [0.1, 0.15) is 32.3 Å². The SMILES string of the molecule is CC1(CS(C)(=O)=O)CN(Cc2cnc(-c3cnc(Cl)cc3F)c(F)c2)C1. The lowest BCUT2D eigenvalue weighted by atomic mass is 9.84. The van der Waals surface area contributed by atoms with Crippen LogP contribution in [-0.2, 0) is 16.4 Å². The fourth-order valence-corrected chi connectivity index (χ4v) is 5.06. The Balaban J connectivity index is 1.70. The molecule has 0 saturated carbocycles. The molecule has 0 radical (unpaired) electrons. The van der Waals surface area contributed by atoms with Crippen LogP contribution in [0.3, 0.4) is 0 Å². The zero-order valence-corrected chi connectivity index (χ0v) is 15.9. The first-order valence-corrected chi connectivity index (χ1v) is 10.3. The van der Waals surface area contributed by atoms with E-state index >= 15 is 0 Å². The predicted octanol–water partition coefficient (Wildman–Crippen LogP) is 2.94. The van der Waals surface area contributed by atoms with Crippen LogP contribution in [0, 0.1) is 17.0 Å². The standard InChI is InChI=1S/C17H18ClF2N3O2S/c1-17(10-26(2,24)25)8-23(9-17)7-11-3-14(20)16(22-5-11)12-6-21-15(18)4-13(12)19/h3-6H,7-10H2,1-2H3. The van der Waals surface area contributed by atoms with Crippen LogP contribution in [-0.4, -0.2) is 48.4 Å². The third kappa shape index (κ3) is 4.36. The van der Waals surface area contributed by atoms with Gasteiger partial charge in [-0.05, 0) is 11.6 Å². The van der Waals surface area contributed by atoms with Crippen LogP contribution in [0.15, 0.2) is 24.5 Å². The van der Waals surface area contributed by atoms with E-state index in [9.17, 15) is 17.2 Å². The van der Waals surface area contributed by atoms with Crippen LogP contribution in [0.4, 0.5) is 8.78 Å². The summed E-state index contributed by atoms with van der Waals surface area (Å²) in [7, 11) is -3.04. The molecule has 140 valence electrons. The molecule has 0 aliphatic carbocycles. The first kappa shape index (κ1) is 19.1. The van der Waals surface area contributed by atoms with E-state index in [1.807, 2.05) is 11.8 Å². The maximum Gasteiger partial charge on any atom is 0.149 e. The van der Waals surface area contributed by atoms with Crippen molar-refractivity contribution in [3.8, 4) is 11.3 Å². The Hall–Kier alpha value is -1.64. The second-order valence-corrected chi connectivity index (χ2v) is 9.71. The molecule has 0 amide bonds. The summed E-state index contributed by atoms with van der Waals surface area (Å²) in [5.41, 5.74) is 0.177. The van der Waals surface area contributed by atoms with Crippen LogP contribution in [0.5, 0.6) is 0 Å². The third-order valence-corrected chi connectivity index (χ3v) is 5.63. The zero-order valence-electron chi connectivity index (χ0n) is 14.3. The van der Waals surface area contributed by atoms with Gasteiger partial charge in [-0.25, -0.2) is 22.2 Å². The van der Waals surface area contributed by atoms with Crippen molar-refractivity contribution in [2.45, 2.75) is 13.5 Å². The summed E-state index contributed by atoms with van der Waals surface area (Å²) in [6.07, 6.45) is 3.86. The number of pyridine rings is 2. The molecular formula is C17H18ClF2N3O2S. The molecule has 1 aliphatic heterocycles. The molecule has 0 bridgehead atoms. The van der Waals surface area contributed by atoms with Crippen molar-refractivity contribution in [3.05, 3.63) is 46.9 Å². The van der Waals surface area contributed by atoms with E-state index in [4.69, 9.17) is 11.6 Å².